The fourth-order valence-corrected chi connectivity index (χ4v) is 3.49. The highest BCUT2D eigenvalue weighted by Crippen LogP contribution is 2.35. The van der Waals surface area contributed by atoms with E-state index in [1.807, 2.05) is 42.1 Å². The second-order valence-electron chi connectivity index (χ2n) is 4.53. The second-order valence-corrected chi connectivity index (χ2v) is 5.93. The van der Waals surface area contributed by atoms with Crippen LogP contribution < -0.4 is 5.73 Å². The number of nitrogens with two attached hydrogens (primary N) is 1. The Morgan fingerprint density at radius 3 is 2.80 bits per heavy atom. The van der Waals surface area contributed by atoms with Gasteiger partial charge in [-0.15, -0.1) is 11.8 Å². The van der Waals surface area contributed by atoms with Crippen LogP contribution in [0.2, 0.25) is 5.02 Å². The van der Waals surface area contributed by atoms with Gasteiger partial charge in [-0.3, -0.25) is 4.68 Å². The van der Waals surface area contributed by atoms with Crippen LogP contribution >= 0.6 is 23.4 Å². The van der Waals surface area contributed by atoms with E-state index in [1.165, 1.54) is 5.39 Å². The zero-order valence-electron chi connectivity index (χ0n) is 11.0. The summed E-state index contributed by atoms with van der Waals surface area (Å²) in [5.41, 5.74) is 8.87. The fraction of sp³-hybridized carbons (Fsp3) is 0.133. The predicted molar refractivity (Wildman–Crippen MR) is 86.1 cm³/mol. The molecule has 0 saturated carbocycles. The topological polar surface area (TPSA) is 43.8 Å². The maximum Gasteiger partial charge on any atom is 0.0805 e. The molecule has 3 aromatic rings. The van der Waals surface area contributed by atoms with Gasteiger partial charge in [-0.2, -0.15) is 5.10 Å². The van der Waals surface area contributed by atoms with Crippen molar-refractivity contribution in [2.45, 2.75) is 10.6 Å². The summed E-state index contributed by atoms with van der Waals surface area (Å²) in [5, 5.41) is 6.44. The van der Waals surface area contributed by atoms with Crippen LogP contribution in [0.5, 0.6) is 0 Å². The minimum absolute atomic E-state index is 0.690. The lowest BCUT2D eigenvalue weighted by Gasteiger charge is -2.06. The third kappa shape index (κ3) is 2.37. The van der Waals surface area contributed by atoms with Gasteiger partial charge in [-0.25, -0.2) is 0 Å². The Balaban J connectivity index is 1.91. The molecule has 3 rings (SSSR count). The maximum atomic E-state index is 6.19. The molecule has 1 aromatic heterocycles. The number of hydrogen-bond donors (Lipinski definition) is 1. The zero-order chi connectivity index (χ0) is 14.1. The van der Waals surface area contributed by atoms with Crippen LogP contribution in [0, 0.1) is 0 Å². The Labute approximate surface area is 126 Å². The summed E-state index contributed by atoms with van der Waals surface area (Å²) in [4.78, 5) is 0.920. The Morgan fingerprint density at radius 2 is 2.00 bits per heavy atom. The first-order valence-electron chi connectivity index (χ1n) is 6.24. The molecule has 0 saturated heterocycles. The molecule has 20 heavy (non-hydrogen) atoms. The van der Waals surface area contributed by atoms with E-state index in [2.05, 4.69) is 17.2 Å². The van der Waals surface area contributed by atoms with Gasteiger partial charge in [0.05, 0.1) is 16.2 Å². The van der Waals surface area contributed by atoms with Crippen molar-refractivity contribution in [2.24, 2.45) is 7.05 Å². The lowest BCUT2D eigenvalue weighted by atomic mass is 10.2. The van der Waals surface area contributed by atoms with E-state index >= 15 is 0 Å². The summed E-state index contributed by atoms with van der Waals surface area (Å²) < 4.78 is 1.90. The van der Waals surface area contributed by atoms with Crippen LogP contribution in [-0.4, -0.2) is 9.78 Å². The van der Waals surface area contributed by atoms with Gasteiger partial charge in [0.25, 0.3) is 0 Å². The summed E-state index contributed by atoms with van der Waals surface area (Å²) in [5.74, 6) is 0.745. The van der Waals surface area contributed by atoms with Crippen molar-refractivity contribution >= 4 is 40.0 Å². The van der Waals surface area contributed by atoms with Crippen LogP contribution in [0.4, 0.5) is 5.69 Å². The fourth-order valence-electron chi connectivity index (χ4n) is 2.21. The molecule has 2 N–H and O–H groups in total. The van der Waals surface area contributed by atoms with Crippen molar-refractivity contribution in [3.8, 4) is 0 Å². The number of nitrogen functional groups attached to an aromatic ring is 1. The molecule has 1 heterocycles. The molecular formula is C15H14ClN3S. The average molecular weight is 304 g/mol. The number of aromatic nitrogens is 2. The van der Waals surface area contributed by atoms with Gasteiger partial charge in [-0.1, -0.05) is 35.9 Å². The van der Waals surface area contributed by atoms with Gasteiger partial charge < -0.3 is 5.73 Å². The molecule has 0 radical (unpaired) electrons. The van der Waals surface area contributed by atoms with Crippen LogP contribution in [0.15, 0.2) is 47.4 Å². The monoisotopic (exact) mass is 303 g/mol. The standard InChI is InChI=1S/C15H14ClN3S/c1-19-14-8-3-2-5-10(14)13(18-19)9-20-15-11(16)6-4-7-12(15)17/h2-8H,9,17H2,1H3. The van der Waals surface area contributed by atoms with E-state index in [0.717, 1.165) is 21.9 Å². The van der Waals surface area contributed by atoms with Gasteiger partial charge in [-0.05, 0) is 18.2 Å². The number of thioether (sulfide) groups is 1. The number of para-hydroxylation sites is 1. The van der Waals surface area contributed by atoms with E-state index in [1.54, 1.807) is 11.8 Å². The summed E-state index contributed by atoms with van der Waals surface area (Å²) in [6.07, 6.45) is 0. The SMILES string of the molecule is Cn1nc(CSc2c(N)cccc2Cl)c2ccccc21. The van der Waals surface area contributed by atoms with E-state index in [-0.39, 0.29) is 0 Å². The molecular weight excluding hydrogens is 290 g/mol. The lowest BCUT2D eigenvalue weighted by Crippen LogP contribution is -1.92. The molecule has 0 amide bonds. The van der Waals surface area contributed by atoms with Crippen molar-refractivity contribution in [3.05, 3.63) is 53.2 Å². The summed E-state index contributed by atoms with van der Waals surface area (Å²) in [7, 11) is 1.96. The second kappa shape index (κ2) is 5.38. The number of fused-ring (bicyclic) bond motifs is 1. The molecule has 0 bridgehead atoms. The first kappa shape index (κ1) is 13.3. The molecule has 0 spiro atoms. The molecule has 0 aliphatic rings. The highest BCUT2D eigenvalue weighted by atomic mass is 35.5. The number of nitrogens with zero attached hydrogens (tertiary/aromatic N) is 2. The smallest absolute Gasteiger partial charge is 0.0805 e. The first-order chi connectivity index (χ1) is 9.66. The quantitative estimate of drug-likeness (QED) is 0.585. The van der Waals surface area contributed by atoms with Crippen molar-refractivity contribution < 1.29 is 0 Å². The number of hydrogen-bond acceptors (Lipinski definition) is 3. The molecule has 5 heteroatoms. The molecule has 3 nitrogen and oxygen atoms in total. The third-order valence-corrected chi connectivity index (χ3v) is 4.77. The Kier molecular flexibility index (Phi) is 3.59. The number of rotatable bonds is 3. The third-order valence-electron chi connectivity index (χ3n) is 3.18. The largest absolute Gasteiger partial charge is 0.398 e. The van der Waals surface area contributed by atoms with Crippen molar-refractivity contribution in [2.75, 3.05) is 5.73 Å². The molecule has 0 aliphatic heterocycles. The number of benzene rings is 2. The summed E-state index contributed by atoms with van der Waals surface area (Å²) in [6.45, 7) is 0. The van der Waals surface area contributed by atoms with Gasteiger partial charge in [0.2, 0.25) is 0 Å². The maximum absolute atomic E-state index is 6.19. The Bertz CT molecular complexity index is 747. The zero-order valence-corrected chi connectivity index (χ0v) is 12.6. The van der Waals surface area contributed by atoms with Crippen molar-refractivity contribution in [3.63, 3.8) is 0 Å². The van der Waals surface area contributed by atoms with Crippen LogP contribution in [0.1, 0.15) is 5.69 Å². The van der Waals surface area contributed by atoms with Crippen LogP contribution in [0.25, 0.3) is 10.9 Å². The number of halogens is 1. The van der Waals surface area contributed by atoms with Gasteiger partial charge in [0, 0.05) is 28.8 Å². The molecule has 0 atom stereocenters. The normalized spacial score (nSPS) is 11.1. The van der Waals surface area contributed by atoms with Crippen molar-refractivity contribution in [1.82, 2.24) is 9.78 Å². The number of anilines is 1. The van der Waals surface area contributed by atoms with Crippen LogP contribution in [-0.2, 0) is 12.8 Å². The molecule has 0 fully saturated rings. The minimum Gasteiger partial charge on any atom is -0.398 e. The highest BCUT2D eigenvalue weighted by molar-refractivity contribution is 7.98. The first-order valence-corrected chi connectivity index (χ1v) is 7.60. The number of aryl methyl sites for hydroxylation is 1. The van der Waals surface area contributed by atoms with E-state index < -0.39 is 0 Å². The van der Waals surface area contributed by atoms with Gasteiger partial charge in [0.15, 0.2) is 0 Å². The Hall–Kier alpha value is -1.65. The predicted octanol–water partition coefficient (Wildman–Crippen LogP) is 4.10. The van der Waals surface area contributed by atoms with Gasteiger partial charge >= 0.3 is 0 Å². The molecule has 2 aromatic carbocycles. The average Bonchev–Trinajstić information content (AvgIpc) is 2.76. The Morgan fingerprint density at radius 1 is 1.20 bits per heavy atom. The van der Waals surface area contributed by atoms with E-state index in [0.29, 0.717) is 10.7 Å². The van der Waals surface area contributed by atoms with E-state index in [9.17, 15) is 0 Å². The molecule has 102 valence electrons. The van der Waals surface area contributed by atoms with Crippen LogP contribution in [0.3, 0.4) is 0 Å². The van der Waals surface area contributed by atoms with E-state index in [4.69, 9.17) is 17.3 Å². The molecule has 0 unspecified atom stereocenters. The summed E-state index contributed by atoms with van der Waals surface area (Å²) in [6, 6.07) is 13.8. The van der Waals surface area contributed by atoms with Gasteiger partial charge in [0.1, 0.15) is 0 Å². The highest BCUT2D eigenvalue weighted by Gasteiger charge is 2.11. The molecule has 0 aliphatic carbocycles. The summed E-state index contributed by atoms with van der Waals surface area (Å²) >= 11 is 7.81. The lowest BCUT2D eigenvalue weighted by molar-refractivity contribution is 0.781. The minimum atomic E-state index is 0.690. The van der Waals surface area contributed by atoms with Crippen molar-refractivity contribution in [1.29, 1.82) is 0 Å².